The van der Waals surface area contributed by atoms with Crippen molar-refractivity contribution in [2.24, 2.45) is 0 Å². The Kier molecular flexibility index (Phi) is 7.00. The van der Waals surface area contributed by atoms with Crippen molar-refractivity contribution in [3.05, 3.63) is 83.6 Å². The van der Waals surface area contributed by atoms with E-state index < -0.39 is 6.10 Å². The van der Waals surface area contributed by atoms with Gasteiger partial charge in [-0.1, -0.05) is 60.7 Å². The normalized spacial score (nSPS) is 11.7. The Balaban J connectivity index is 1.53. The Morgan fingerprint density at radius 3 is 2.30 bits per heavy atom. The van der Waals surface area contributed by atoms with Crippen molar-refractivity contribution in [2.45, 2.75) is 25.7 Å². The molecule has 0 fully saturated rings. The van der Waals surface area contributed by atoms with Gasteiger partial charge in [-0.3, -0.25) is 9.89 Å². The molecule has 0 bridgehead atoms. The first-order valence-corrected chi connectivity index (χ1v) is 8.75. The van der Waals surface area contributed by atoms with E-state index in [1.165, 1.54) is 0 Å². The van der Waals surface area contributed by atoms with E-state index in [2.05, 4.69) is 10.2 Å². The van der Waals surface area contributed by atoms with Gasteiger partial charge in [-0.25, -0.2) is 0 Å². The molecule has 0 radical (unpaired) electrons. The van der Waals surface area contributed by atoms with E-state index in [9.17, 15) is 4.79 Å². The lowest BCUT2D eigenvalue weighted by atomic mass is 10.1. The smallest absolute Gasteiger partial charge is 0.293 e. The van der Waals surface area contributed by atoms with Gasteiger partial charge in [0.2, 0.25) is 5.88 Å². The minimum Gasteiger partial charge on any atom is -0.472 e. The van der Waals surface area contributed by atoms with Crippen LogP contribution in [0.1, 0.15) is 16.7 Å². The zero-order valence-corrected chi connectivity index (χ0v) is 14.9. The van der Waals surface area contributed by atoms with Crippen molar-refractivity contribution in [1.29, 1.82) is 0 Å². The lowest BCUT2D eigenvalue weighted by molar-refractivity contribution is -0.136. The van der Waals surface area contributed by atoms with E-state index in [4.69, 9.17) is 14.2 Å². The molecule has 0 aliphatic carbocycles. The second-order valence-electron chi connectivity index (χ2n) is 6.05. The van der Waals surface area contributed by atoms with Crippen LogP contribution in [0.15, 0.2) is 66.9 Å². The topological polar surface area (TPSA) is 73.4 Å². The van der Waals surface area contributed by atoms with Crippen molar-refractivity contribution >= 4 is 6.47 Å². The van der Waals surface area contributed by atoms with Crippen molar-refractivity contribution in [2.75, 3.05) is 6.61 Å². The minimum atomic E-state index is -0.414. The van der Waals surface area contributed by atoms with Gasteiger partial charge in [-0.2, -0.15) is 0 Å². The third-order valence-corrected chi connectivity index (χ3v) is 4.01. The van der Waals surface area contributed by atoms with Crippen molar-refractivity contribution in [3.63, 3.8) is 0 Å². The largest absolute Gasteiger partial charge is 0.472 e. The molecule has 1 aromatic heterocycles. The maximum absolute atomic E-state index is 10.8. The molecule has 0 saturated carbocycles. The SMILES string of the molecule is O=COC(COCc1ccccc1)Cc1c[nH]nc1OCc1ccccc1. The fourth-order valence-corrected chi connectivity index (χ4v) is 2.65. The number of aromatic nitrogens is 2. The second-order valence-corrected chi connectivity index (χ2v) is 6.05. The summed E-state index contributed by atoms with van der Waals surface area (Å²) in [6.45, 7) is 1.61. The van der Waals surface area contributed by atoms with Crippen molar-refractivity contribution < 1.29 is 19.0 Å². The van der Waals surface area contributed by atoms with E-state index in [1.54, 1.807) is 6.20 Å². The maximum Gasteiger partial charge on any atom is 0.293 e. The first kappa shape index (κ1) is 18.7. The summed E-state index contributed by atoms with van der Waals surface area (Å²) in [7, 11) is 0. The van der Waals surface area contributed by atoms with Crippen LogP contribution in [0.4, 0.5) is 0 Å². The Labute approximate surface area is 158 Å². The quantitative estimate of drug-likeness (QED) is 0.527. The zero-order chi connectivity index (χ0) is 18.7. The van der Waals surface area contributed by atoms with Gasteiger partial charge < -0.3 is 14.2 Å². The molecule has 0 saturated heterocycles. The number of nitrogens with zero attached hydrogens (tertiary/aromatic N) is 1. The van der Waals surface area contributed by atoms with Gasteiger partial charge in [-0.15, -0.1) is 5.10 Å². The fourth-order valence-electron chi connectivity index (χ4n) is 2.65. The second kappa shape index (κ2) is 10.1. The highest BCUT2D eigenvalue weighted by Crippen LogP contribution is 2.19. The van der Waals surface area contributed by atoms with E-state index in [-0.39, 0.29) is 6.61 Å². The third kappa shape index (κ3) is 5.97. The van der Waals surface area contributed by atoms with Gasteiger partial charge in [-0.05, 0) is 11.1 Å². The van der Waals surface area contributed by atoms with Crippen LogP contribution in [0, 0.1) is 0 Å². The monoisotopic (exact) mass is 366 g/mol. The first-order chi connectivity index (χ1) is 13.3. The molecule has 6 nitrogen and oxygen atoms in total. The molecule has 2 aromatic carbocycles. The molecule has 140 valence electrons. The number of hydrogen-bond donors (Lipinski definition) is 1. The van der Waals surface area contributed by atoms with E-state index in [1.807, 2.05) is 60.7 Å². The van der Waals surface area contributed by atoms with Gasteiger partial charge in [0.1, 0.15) is 12.7 Å². The molecule has 3 aromatic rings. The molecule has 27 heavy (non-hydrogen) atoms. The predicted molar refractivity (Wildman–Crippen MR) is 100 cm³/mol. The summed E-state index contributed by atoms with van der Waals surface area (Å²) >= 11 is 0. The van der Waals surface area contributed by atoms with Gasteiger partial charge in [0.05, 0.1) is 13.2 Å². The van der Waals surface area contributed by atoms with Gasteiger partial charge in [0.25, 0.3) is 6.47 Å². The van der Waals surface area contributed by atoms with Crippen LogP contribution in [0.2, 0.25) is 0 Å². The number of ether oxygens (including phenoxy) is 3. The Bertz CT molecular complexity index is 805. The number of rotatable bonds is 11. The summed E-state index contributed by atoms with van der Waals surface area (Å²) in [4.78, 5) is 10.8. The molecule has 1 N–H and O–H groups in total. The molecular formula is C21H22N2O4. The zero-order valence-electron chi connectivity index (χ0n) is 14.9. The van der Waals surface area contributed by atoms with Crippen molar-refractivity contribution in [3.8, 4) is 5.88 Å². The Morgan fingerprint density at radius 1 is 0.963 bits per heavy atom. The number of aromatic amines is 1. The summed E-state index contributed by atoms with van der Waals surface area (Å²) in [5, 5.41) is 6.94. The van der Waals surface area contributed by atoms with E-state index in [0.717, 1.165) is 16.7 Å². The highest BCUT2D eigenvalue weighted by molar-refractivity contribution is 5.38. The summed E-state index contributed by atoms with van der Waals surface area (Å²) < 4.78 is 16.7. The molecule has 3 rings (SSSR count). The summed E-state index contributed by atoms with van der Waals surface area (Å²) in [5.74, 6) is 0.501. The number of hydrogen-bond acceptors (Lipinski definition) is 5. The molecule has 1 heterocycles. The Morgan fingerprint density at radius 2 is 1.63 bits per heavy atom. The van der Waals surface area contributed by atoms with Crippen LogP contribution < -0.4 is 4.74 Å². The van der Waals surface area contributed by atoms with Crippen molar-refractivity contribution in [1.82, 2.24) is 10.2 Å². The maximum atomic E-state index is 10.8. The fraction of sp³-hybridized carbons (Fsp3) is 0.238. The van der Waals surface area contributed by atoms with E-state index in [0.29, 0.717) is 32.0 Å². The standard InChI is InChI=1S/C21H22N2O4/c24-16-27-20(15-25-13-17-7-3-1-4-8-17)11-19-12-22-23-21(19)26-14-18-9-5-2-6-10-18/h1-10,12,16,20H,11,13-15H2,(H,22,23). The molecule has 1 unspecified atom stereocenters. The van der Waals surface area contributed by atoms with Crippen LogP contribution in [-0.2, 0) is 33.9 Å². The molecule has 1 atom stereocenters. The van der Waals surface area contributed by atoms with Gasteiger partial charge in [0.15, 0.2) is 0 Å². The number of carbonyl (C=O) groups is 1. The average molecular weight is 366 g/mol. The third-order valence-electron chi connectivity index (χ3n) is 4.01. The molecular weight excluding hydrogens is 344 g/mol. The number of benzene rings is 2. The van der Waals surface area contributed by atoms with E-state index >= 15 is 0 Å². The van der Waals surface area contributed by atoms with Crippen LogP contribution in [-0.4, -0.2) is 29.4 Å². The molecule has 0 aliphatic heterocycles. The number of H-pyrrole nitrogens is 1. The molecule has 0 amide bonds. The Hall–Kier alpha value is -3.12. The number of carbonyl (C=O) groups excluding carboxylic acids is 1. The first-order valence-electron chi connectivity index (χ1n) is 8.75. The van der Waals surface area contributed by atoms with Gasteiger partial charge in [0, 0.05) is 18.2 Å². The molecule has 6 heteroatoms. The predicted octanol–water partition coefficient (Wildman–Crippen LogP) is 3.29. The minimum absolute atomic E-state index is 0.289. The van der Waals surface area contributed by atoms with Crippen LogP contribution >= 0.6 is 0 Å². The number of nitrogens with one attached hydrogen (secondary N) is 1. The van der Waals surface area contributed by atoms with Crippen LogP contribution in [0.25, 0.3) is 0 Å². The van der Waals surface area contributed by atoms with Crippen LogP contribution in [0.5, 0.6) is 5.88 Å². The lowest BCUT2D eigenvalue weighted by Crippen LogP contribution is -2.22. The highest BCUT2D eigenvalue weighted by Gasteiger charge is 2.16. The highest BCUT2D eigenvalue weighted by atomic mass is 16.6. The van der Waals surface area contributed by atoms with Gasteiger partial charge >= 0.3 is 0 Å². The summed E-state index contributed by atoms with van der Waals surface area (Å²) in [5.41, 5.74) is 2.96. The summed E-state index contributed by atoms with van der Waals surface area (Å²) in [6.07, 6.45) is 1.79. The summed E-state index contributed by atoms with van der Waals surface area (Å²) in [6, 6.07) is 19.7. The molecule has 0 spiro atoms. The van der Waals surface area contributed by atoms with Crippen LogP contribution in [0.3, 0.4) is 0 Å². The molecule has 0 aliphatic rings. The lowest BCUT2D eigenvalue weighted by Gasteiger charge is -2.15. The average Bonchev–Trinajstić information content (AvgIpc) is 3.15.